The molecule has 0 radical (unpaired) electrons. The Hall–Kier alpha value is -2.24. The van der Waals surface area contributed by atoms with Gasteiger partial charge in [0.25, 0.3) is 0 Å². The Morgan fingerprint density at radius 3 is 2.65 bits per heavy atom. The van der Waals surface area contributed by atoms with E-state index in [0.717, 1.165) is 31.1 Å². The third-order valence-corrected chi connectivity index (χ3v) is 3.04. The fraction of sp³-hybridized carbons (Fsp3) is 0.529. The molecule has 0 bridgehead atoms. The van der Waals surface area contributed by atoms with Crippen LogP contribution in [0.2, 0.25) is 0 Å². The molecule has 23 heavy (non-hydrogen) atoms. The highest BCUT2D eigenvalue weighted by molar-refractivity contribution is 5.79. The third-order valence-electron chi connectivity index (χ3n) is 3.04. The second-order valence-corrected chi connectivity index (χ2v) is 4.88. The Morgan fingerprint density at radius 1 is 1.17 bits per heavy atom. The molecule has 0 aliphatic heterocycles. The molecule has 0 aromatic heterocycles. The molecule has 128 valence electrons. The molecule has 1 aromatic rings. The van der Waals surface area contributed by atoms with E-state index in [1.807, 2.05) is 37.3 Å². The molecule has 0 atom stereocenters. The van der Waals surface area contributed by atoms with Gasteiger partial charge >= 0.3 is 5.97 Å². The van der Waals surface area contributed by atoms with Crippen LogP contribution in [0.1, 0.15) is 26.2 Å². The van der Waals surface area contributed by atoms with Crippen LogP contribution >= 0.6 is 0 Å². The van der Waals surface area contributed by atoms with E-state index >= 15 is 0 Å². The summed E-state index contributed by atoms with van der Waals surface area (Å²) in [6.07, 6.45) is 2.08. The number of para-hydroxylation sites is 1. The minimum absolute atomic E-state index is 0.169. The minimum Gasteiger partial charge on any atom is -0.492 e. The summed E-state index contributed by atoms with van der Waals surface area (Å²) in [5.74, 6) is 1.46. The Labute approximate surface area is 138 Å². The molecule has 1 aromatic carbocycles. The van der Waals surface area contributed by atoms with E-state index in [9.17, 15) is 4.79 Å². The maximum atomic E-state index is 11.0. The van der Waals surface area contributed by atoms with E-state index in [-0.39, 0.29) is 5.97 Å². The standard InChI is InChI=1S/C17H27N3O3/c1-3-18-17(19-12-8-7-11-16(21)22-2)20-13-14-23-15-9-5-4-6-10-15/h4-6,9-10H,3,7-8,11-14H2,1-2H3,(H2,18,19,20). The summed E-state index contributed by atoms with van der Waals surface area (Å²) in [6, 6.07) is 9.72. The van der Waals surface area contributed by atoms with Crippen molar-refractivity contribution < 1.29 is 14.3 Å². The van der Waals surface area contributed by atoms with Crippen molar-refractivity contribution in [3.05, 3.63) is 30.3 Å². The smallest absolute Gasteiger partial charge is 0.305 e. The van der Waals surface area contributed by atoms with E-state index < -0.39 is 0 Å². The first kappa shape index (κ1) is 18.8. The van der Waals surface area contributed by atoms with Crippen molar-refractivity contribution in [2.75, 3.05) is 33.4 Å². The predicted octanol–water partition coefficient (Wildman–Crippen LogP) is 1.96. The van der Waals surface area contributed by atoms with E-state index in [4.69, 9.17) is 4.74 Å². The van der Waals surface area contributed by atoms with Crippen molar-refractivity contribution >= 4 is 11.9 Å². The van der Waals surface area contributed by atoms with Crippen LogP contribution < -0.4 is 15.4 Å². The Morgan fingerprint density at radius 2 is 1.96 bits per heavy atom. The van der Waals surface area contributed by atoms with Crippen molar-refractivity contribution in [1.82, 2.24) is 10.6 Å². The number of nitrogens with one attached hydrogen (secondary N) is 2. The zero-order valence-electron chi connectivity index (χ0n) is 14.0. The van der Waals surface area contributed by atoms with Crippen LogP contribution in [0.25, 0.3) is 0 Å². The number of aliphatic imine (C=N–C) groups is 1. The number of carbonyl (C=O) groups excluding carboxylic acids is 1. The lowest BCUT2D eigenvalue weighted by Gasteiger charge is -2.12. The average molecular weight is 321 g/mol. The Balaban J connectivity index is 2.20. The molecule has 0 fully saturated rings. The Bertz CT molecular complexity index is 463. The average Bonchev–Trinajstić information content (AvgIpc) is 2.58. The largest absolute Gasteiger partial charge is 0.492 e. The summed E-state index contributed by atoms with van der Waals surface area (Å²) in [4.78, 5) is 15.5. The zero-order valence-corrected chi connectivity index (χ0v) is 14.0. The van der Waals surface area contributed by atoms with Gasteiger partial charge in [0.05, 0.1) is 13.7 Å². The molecule has 0 heterocycles. The van der Waals surface area contributed by atoms with Gasteiger partial charge in [-0.3, -0.25) is 9.79 Å². The van der Waals surface area contributed by atoms with Gasteiger partial charge in [-0.25, -0.2) is 0 Å². The van der Waals surface area contributed by atoms with E-state index in [1.54, 1.807) is 0 Å². The van der Waals surface area contributed by atoms with Crippen LogP contribution in [-0.4, -0.2) is 45.3 Å². The van der Waals surface area contributed by atoms with Crippen LogP contribution in [0.15, 0.2) is 35.3 Å². The number of carbonyl (C=O) groups is 1. The van der Waals surface area contributed by atoms with Crippen LogP contribution in [0.4, 0.5) is 0 Å². The third kappa shape index (κ3) is 9.39. The number of unbranched alkanes of at least 4 members (excludes halogenated alkanes) is 1. The van der Waals surface area contributed by atoms with Gasteiger partial charge in [-0.1, -0.05) is 18.2 Å². The normalized spacial score (nSPS) is 11.0. The van der Waals surface area contributed by atoms with Crippen LogP contribution in [0, 0.1) is 0 Å². The highest BCUT2D eigenvalue weighted by Crippen LogP contribution is 2.07. The topological polar surface area (TPSA) is 72.0 Å². The first-order chi connectivity index (χ1) is 11.3. The van der Waals surface area contributed by atoms with Gasteiger partial charge in [0, 0.05) is 19.5 Å². The summed E-state index contributed by atoms with van der Waals surface area (Å²) in [7, 11) is 1.41. The van der Waals surface area contributed by atoms with Crippen LogP contribution in [0.3, 0.4) is 0 Å². The van der Waals surface area contributed by atoms with Crippen molar-refractivity contribution in [2.24, 2.45) is 4.99 Å². The number of esters is 1. The van der Waals surface area contributed by atoms with Crippen molar-refractivity contribution in [2.45, 2.75) is 26.2 Å². The van der Waals surface area contributed by atoms with Crippen molar-refractivity contribution in [1.29, 1.82) is 0 Å². The maximum Gasteiger partial charge on any atom is 0.305 e. The molecule has 0 amide bonds. The maximum absolute atomic E-state index is 11.0. The molecule has 6 nitrogen and oxygen atoms in total. The van der Waals surface area contributed by atoms with E-state index in [1.165, 1.54) is 7.11 Å². The molecule has 0 unspecified atom stereocenters. The molecule has 0 spiro atoms. The minimum atomic E-state index is -0.169. The number of hydrogen-bond acceptors (Lipinski definition) is 4. The molecule has 6 heteroatoms. The monoisotopic (exact) mass is 321 g/mol. The van der Waals surface area contributed by atoms with Crippen molar-refractivity contribution in [3.63, 3.8) is 0 Å². The second kappa shape index (κ2) is 12.3. The number of nitrogens with zero attached hydrogens (tertiary/aromatic N) is 1. The molecule has 1 rings (SSSR count). The van der Waals surface area contributed by atoms with E-state index in [2.05, 4.69) is 20.4 Å². The molecular formula is C17H27N3O3. The lowest BCUT2D eigenvalue weighted by molar-refractivity contribution is -0.140. The quantitative estimate of drug-likeness (QED) is 0.298. The van der Waals surface area contributed by atoms with Crippen LogP contribution in [0.5, 0.6) is 5.75 Å². The summed E-state index contributed by atoms with van der Waals surface area (Å²) in [5.41, 5.74) is 0. The predicted molar refractivity (Wildman–Crippen MR) is 91.8 cm³/mol. The summed E-state index contributed by atoms with van der Waals surface area (Å²) >= 11 is 0. The molecule has 0 aliphatic carbocycles. The molecule has 0 saturated heterocycles. The lowest BCUT2D eigenvalue weighted by Crippen LogP contribution is -2.39. The summed E-state index contributed by atoms with van der Waals surface area (Å²) in [6.45, 7) is 4.73. The first-order valence-electron chi connectivity index (χ1n) is 8.03. The Kier molecular flexibility index (Phi) is 10.1. The van der Waals surface area contributed by atoms with Gasteiger partial charge in [-0.05, 0) is 31.9 Å². The SMILES string of the molecule is CCNC(=NCCCCC(=O)OC)NCCOc1ccccc1. The summed E-state index contributed by atoms with van der Waals surface area (Å²) < 4.78 is 10.2. The lowest BCUT2D eigenvalue weighted by atomic mass is 10.2. The zero-order chi connectivity index (χ0) is 16.8. The highest BCUT2D eigenvalue weighted by atomic mass is 16.5. The van der Waals surface area contributed by atoms with Gasteiger partial charge < -0.3 is 20.1 Å². The number of guanidine groups is 1. The number of benzene rings is 1. The molecule has 2 N–H and O–H groups in total. The van der Waals surface area contributed by atoms with Gasteiger partial charge in [-0.15, -0.1) is 0 Å². The fourth-order valence-electron chi connectivity index (χ4n) is 1.87. The number of rotatable bonds is 10. The summed E-state index contributed by atoms with van der Waals surface area (Å²) in [5, 5.41) is 6.41. The second-order valence-electron chi connectivity index (χ2n) is 4.88. The first-order valence-corrected chi connectivity index (χ1v) is 8.03. The number of methoxy groups -OCH3 is 1. The van der Waals surface area contributed by atoms with E-state index in [0.29, 0.717) is 26.1 Å². The van der Waals surface area contributed by atoms with Gasteiger partial charge in [0.1, 0.15) is 12.4 Å². The molecule has 0 aliphatic rings. The molecular weight excluding hydrogens is 294 g/mol. The van der Waals surface area contributed by atoms with Gasteiger partial charge in [0.2, 0.25) is 0 Å². The molecule has 0 saturated carbocycles. The number of hydrogen-bond donors (Lipinski definition) is 2. The van der Waals surface area contributed by atoms with Crippen molar-refractivity contribution in [3.8, 4) is 5.75 Å². The van der Waals surface area contributed by atoms with Gasteiger partial charge in [-0.2, -0.15) is 0 Å². The highest BCUT2D eigenvalue weighted by Gasteiger charge is 2.00. The van der Waals surface area contributed by atoms with Crippen LogP contribution in [-0.2, 0) is 9.53 Å². The van der Waals surface area contributed by atoms with Gasteiger partial charge in [0.15, 0.2) is 5.96 Å². The number of ether oxygens (including phenoxy) is 2. The fourth-order valence-corrected chi connectivity index (χ4v) is 1.87.